The summed E-state index contributed by atoms with van der Waals surface area (Å²) in [7, 11) is 0. The number of aliphatic carboxylic acids is 1. The van der Waals surface area contributed by atoms with Crippen molar-refractivity contribution in [2.45, 2.75) is 78.8 Å². The number of carboxylic acids is 1. The molecule has 0 saturated carbocycles. The summed E-state index contributed by atoms with van der Waals surface area (Å²) < 4.78 is 0. The molecule has 0 aromatic heterocycles. The van der Waals surface area contributed by atoms with Gasteiger partial charge in [0.05, 0.1) is 0 Å². The molecule has 0 aliphatic rings. The predicted octanol–water partition coefficient (Wildman–Crippen LogP) is 3.43. The standard InChI is InChI=1S/C7H14O2.C6H15N/c1-2-3-4-5-6-7(8)9;1-5(2)7-6(3)4/h2-6H2,1H3,(H,8,9);5-7H,1-4H3. The van der Waals surface area contributed by atoms with Gasteiger partial charge in [0.25, 0.3) is 0 Å². The van der Waals surface area contributed by atoms with Crippen LogP contribution in [0.15, 0.2) is 0 Å². The molecular formula is C13H29NO2. The van der Waals surface area contributed by atoms with Crippen LogP contribution in [0.4, 0.5) is 0 Å². The molecule has 0 unspecified atom stereocenters. The van der Waals surface area contributed by atoms with Crippen LogP contribution in [0.5, 0.6) is 0 Å². The second kappa shape index (κ2) is 12.5. The van der Waals surface area contributed by atoms with E-state index in [-0.39, 0.29) is 0 Å². The predicted molar refractivity (Wildman–Crippen MR) is 69.8 cm³/mol. The summed E-state index contributed by atoms with van der Waals surface area (Å²) in [5.41, 5.74) is 0. The largest absolute Gasteiger partial charge is 0.481 e. The van der Waals surface area contributed by atoms with E-state index in [1.165, 1.54) is 6.42 Å². The van der Waals surface area contributed by atoms with Gasteiger partial charge in [0.2, 0.25) is 0 Å². The first kappa shape index (κ1) is 17.8. The minimum Gasteiger partial charge on any atom is -0.481 e. The van der Waals surface area contributed by atoms with Crippen LogP contribution in [-0.2, 0) is 4.79 Å². The van der Waals surface area contributed by atoms with Gasteiger partial charge in [0, 0.05) is 18.5 Å². The molecule has 0 heterocycles. The van der Waals surface area contributed by atoms with E-state index in [9.17, 15) is 4.79 Å². The normalized spacial score (nSPS) is 10.2. The van der Waals surface area contributed by atoms with Crippen LogP contribution in [0, 0.1) is 0 Å². The van der Waals surface area contributed by atoms with Crippen LogP contribution < -0.4 is 5.32 Å². The van der Waals surface area contributed by atoms with Crippen LogP contribution in [0.25, 0.3) is 0 Å². The first-order chi connectivity index (χ1) is 7.40. The lowest BCUT2D eigenvalue weighted by atomic mass is 10.2. The molecule has 0 fully saturated rings. The molecule has 0 saturated heterocycles. The van der Waals surface area contributed by atoms with Gasteiger partial charge in [0.15, 0.2) is 0 Å². The van der Waals surface area contributed by atoms with E-state index in [0.717, 1.165) is 19.3 Å². The summed E-state index contributed by atoms with van der Waals surface area (Å²) in [4.78, 5) is 9.96. The Morgan fingerprint density at radius 3 is 1.81 bits per heavy atom. The van der Waals surface area contributed by atoms with Crippen molar-refractivity contribution >= 4 is 5.97 Å². The quantitative estimate of drug-likeness (QED) is 0.660. The van der Waals surface area contributed by atoms with Gasteiger partial charge < -0.3 is 10.4 Å². The van der Waals surface area contributed by atoms with Crippen LogP contribution in [-0.4, -0.2) is 23.2 Å². The Labute approximate surface area is 101 Å². The molecular weight excluding hydrogens is 202 g/mol. The minimum absolute atomic E-state index is 0.333. The van der Waals surface area contributed by atoms with Gasteiger partial charge >= 0.3 is 5.97 Å². The molecule has 98 valence electrons. The summed E-state index contributed by atoms with van der Waals surface area (Å²) in [6.07, 6.45) is 4.55. The second-order valence-electron chi connectivity index (χ2n) is 4.68. The lowest BCUT2D eigenvalue weighted by molar-refractivity contribution is -0.137. The van der Waals surface area contributed by atoms with E-state index >= 15 is 0 Å². The Bertz CT molecular complexity index is 150. The van der Waals surface area contributed by atoms with Gasteiger partial charge in [-0.15, -0.1) is 0 Å². The van der Waals surface area contributed by atoms with Crippen LogP contribution in [0.3, 0.4) is 0 Å². The first-order valence-corrected chi connectivity index (χ1v) is 6.38. The maximum Gasteiger partial charge on any atom is 0.303 e. The Balaban J connectivity index is 0. The van der Waals surface area contributed by atoms with Crippen molar-refractivity contribution in [3.63, 3.8) is 0 Å². The van der Waals surface area contributed by atoms with Crippen LogP contribution >= 0.6 is 0 Å². The van der Waals surface area contributed by atoms with Crippen molar-refractivity contribution in [2.24, 2.45) is 0 Å². The Kier molecular flexibility index (Phi) is 13.9. The molecule has 0 aromatic rings. The third-order valence-electron chi connectivity index (χ3n) is 1.91. The summed E-state index contributed by atoms with van der Waals surface area (Å²) in [6, 6.07) is 1.25. The van der Waals surface area contributed by atoms with Crippen LogP contribution in [0.1, 0.15) is 66.7 Å². The molecule has 0 bridgehead atoms. The zero-order valence-corrected chi connectivity index (χ0v) is 11.5. The first-order valence-electron chi connectivity index (χ1n) is 6.38. The fourth-order valence-corrected chi connectivity index (χ4v) is 1.37. The van der Waals surface area contributed by atoms with Crippen molar-refractivity contribution in [1.29, 1.82) is 0 Å². The number of rotatable bonds is 7. The van der Waals surface area contributed by atoms with E-state index in [4.69, 9.17) is 5.11 Å². The number of unbranched alkanes of at least 4 members (excludes halogenated alkanes) is 3. The van der Waals surface area contributed by atoms with Gasteiger partial charge in [-0.25, -0.2) is 0 Å². The van der Waals surface area contributed by atoms with Crippen molar-refractivity contribution in [3.8, 4) is 0 Å². The summed E-state index contributed by atoms with van der Waals surface area (Å²) in [6.45, 7) is 10.7. The molecule has 0 spiro atoms. The fourth-order valence-electron chi connectivity index (χ4n) is 1.37. The highest BCUT2D eigenvalue weighted by molar-refractivity contribution is 5.66. The van der Waals surface area contributed by atoms with Gasteiger partial charge in [-0.2, -0.15) is 0 Å². The van der Waals surface area contributed by atoms with E-state index < -0.39 is 5.97 Å². The van der Waals surface area contributed by atoms with E-state index in [2.05, 4.69) is 39.9 Å². The lowest BCUT2D eigenvalue weighted by Crippen LogP contribution is -2.29. The molecule has 0 aromatic carbocycles. The minimum atomic E-state index is -0.675. The second-order valence-corrected chi connectivity index (χ2v) is 4.68. The number of carboxylic acid groups (broad SMARTS) is 1. The zero-order valence-electron chi connectivity index (χ0n) is 11.5. The summed E-state index contributed by atoms with van der Waals surface area (Å²) in [5.74, 6) is -0.675. The molecule has 0 radical (unpaired) electrons. The molecule has 3 nitrogen and oxygen atoms in total. The van der Waals surface area contributed by atoms with Crippen LogP contribution in [0.2, 0.25) is 0 Å². The highest BCUT2D eigenvalue weighted by Gasteiger charge is 1.94. The Morgan fingerprint density at radius 1 is 1.06 bits per heavy atom. The molecule has 0 atom stereocenters. The third kappa shape index (κ3) is 23.3. The van der Waals surface area contributed by atoms with E-state index in [0.29, 0.717) is 18.5 Å². The van der Waals surface area contributed by atoms with Crippen molar-refractivity contribution < 1.29 is 9.90 Å². The SMILES string of the molecule is CC(C)NC(C)C.CCCCCCC(=O)O. The molecule has 0 aliphatic carbocycles. The maximum atomic E-state index is 9.96. The van der Waals surface area contributed by atoms with Gasteiger partial charge in [-0.05, 0) is 6.42 Å². The highest BCUT2D eigenvalue weighted by atomic mass is 16.4. The van der Waals surface area contributed by atoms with Crippen molar-refractivity contribution in [2.75, 3.05) is 0 Å². The maximum absolute atomic E-state index is 9.96. The monoisotopic (exact) mass is 231 g/mol. The average molecular weight is 231 g/mol. The molecule has 0 aliphatic heterocycles. The number of nitrogens with one attached hydrogen (secondary N) is 1. The molecule has 3 heteroatoms. The highest BCUT2D eigenvalue weighted by Crippen LogP contribution is 2.01. The summed E-state index contributed by atoms with van der Waals surface area (Å²) in [5, 5.41) is 11.5. The Morgan fingerprint density at radius 2 is 1.56 bits per heavy atom. The Hall–Kier alpha value is -0.570. The topological polar surface area (TPSA) is 49.3 Å². The number of hydrogen-bond acceptors (Lipinski definition) is 2. The molecule has 0 amide bonds. The zero-order chi connectivity index (χ0) is 13.0. The van der Waals surface area contributed by atoms with Gasteiger partial charge in [-0.1, -0.05) is 53.9 Å². The molecule has 2 N–H and O–H groups in total. The smallest absolute Gasteiger partial charge is 0.303 e. The fraction of sp³-hybridized carbons (Fsp3) is 0.923. The molecule has 16 heavy (non-hydrogen) atoms. The lowest BCUT2D eigenvalue weighted by Gasteiger charge is -2.10. The average Bonchev–Trinajstić information content (AvgIpc) is 2.11. The number of carbonyl (C=O) groups is 1. The van der Waals surface area contributed by atoms with Gasteiger partial charge in [-0.3, -0.25) is 4.79 Å². The van der Waals surface area contributed by atoms with E-state index in [1.807, 2.05) is 0 Å². The summed E-state index contributed by atoms with van der Waals surface area (Å²) >= 11 is 0. The van der Waals surface area contributed by atoms with Crippen molar-refractivity contribution in [3.05, 3.63) is 0 Å². The van der Waals surface area contributed by atoms with Gasteiger partial charge in [0.1, 0.15) is 0 Å². The van der Waals surface area contributed by atoms with E-state index in [1.54, 1.807) is 0 Å². The molecule has 0 rings (SSSR count). The number of hydrogen-bond donors (Lipinski definition) is 2. The third-order valence-corrected chi connectivity index (χ3v) is 1.91. The van der Waals surface area contributed by atoms with Crippen molar-refractivity contribution in [1.82, 2.24) is 5.32 Å².